The van der Waals surface area contributed by atoms with E-state index >= 15 is 0 Å². The van der Waals surface area contributed by atoms with Crippen LogP contribution in [0.3, 0.4) is 0 Å². The molecule has 7 heteroatoms. The molecule has 0 saturated carbocycles. The Labute approximate surface area is 147 Å². The van der Waals surface area contributed by atoms with Crippen molar-refractivity contribution in [3.05, 3.63) is 29.6 Å². The van der Waals surface area contributed by atoms with Gasteiger partial charge in [0.2, 0.25) is 5.16 Å². The molecule has 2 rings (SSSR count). The smallest absolute Gasteiger partial charge is 0.211 e. The fourth-order valence-corrected chi connectivity index (χ4v) is 2.54. The van der Waals surface area contributed by atoms with E-state index in [2.05, 4.69) is 22.2 Å². The molecule has 0 saturated heterocycles. The third-order valence-corrected chi connectivity index (χ3v) is 3.85. The maximum Gasteiger partial charge on any atom is 0.211 e. The first-order valence-corrected chi connectivity index (χ1v) is 9.38. The zero-order chi connectivity index (χ0) is 17.4. The average molecular weight is 348 g/mol. The lowest BCUT2D eigenvalue weighted by Crippen LogP contribution is -2.01. The Hall–Kier alpha value is -2.02. The molecule has 0 unspecified atom stereocenters. The highest BCUT2D eigenvalue weighted by Gasteiger charge is 2.09. The number of hydrogen-bond donors (Lipinski definition) is 0. The topological polar surface area (TPSA) is 61.5 Å². The van der Waals surface area contributed by atoms with Crippen LogP contribution in [-0.4, -0.2) is 40.6 Å². The molecule has 1 heterocycles. The number of nitrogens with zero attached hydrogens (tertiary/aromatic N) is 4. The van der Waals surface area contributed by atoms with Crippen LogP contribution in [0.4, 0.5) is 0 Å². The molecule has 0 N–H and O–H groups in total. The third-order valence-electron chi connectivity index (χ3n) is 3.23. The molecule has 0 aliphatic rings. The standard InChI is InChI=1S/C17H24N4O2S/c1-5-10-23-14-9-8-13(11-15(14)22-7-3)12-18-21-16(6-2)19-20-17(21)24-4/h8-9,11-12H,5-7,10H2,1-4H3/b18-12-. The van der Waals surface area contributed by atoms with Gasteiger partial charge in [-0.25, -0.2) is 0 Å². The van der Waals surface area contributed by atoms with Gasteiger partial charge >= 0.3 is 0 Å². The number of ether oxygens (including phenoxy) is 2. The van der Waals surface area contributed by atoms with Crippen LogP contribution >= 0.6 is 11.8 Å². The van der Waals surface area contributed by atoms with Crippen LogP contribution in [0.2, 0.25) is 0 Å². The number of benzene rings is 1. The Morgan fingerprint density at radius 1 is 1.17 bits per heavy atom. The molecule has 2 aromatic rings. The average Bonchev–Trinajstić information content (AvgIpc) is 3.01. The molecule has 0 radical (unpaired) electrons. The molecule has 0 spiro atoms. The molecule has 0 fully saturated rings. The molecular formula is C17H24N4O2S. The van der Waals surface area contributed by atoms with E-state index in [9.17, 15) is 0 Å². The highest BCUT2D eigenvalue weighted by Crippen LogP contribution is 2.28. The van der Waals surface area contributed by atoms with Gasteiger partial charge in [-0.15, -0.1) is 10.2 Å². The number of aromatic nitrogens is 3. The minimum absolute atomic E-state index is 0.588. The molecular weight excluding hydrogens is 324 g/mol. The summed E-state index contributed by atoms with van der Waals surface area (Å²) < 4.78 is 13.2. The highest BCUT2D eigenvalue weighted by atomic mass is 32.2. The quantitative estimate of drug-likeness (QED) is 0.511. The van der Waals surface area contributed by atoms with Crippen molar-refractivity contribution in [2.45, 2.75) is 38.8 Å². The highest BCUT2D eigenvalue weighted by molar-refractivity contribution is 7.98. The van der Waals surface area contributed by atoms with E-state index in [-0.39, 0.29) is 0 Å². The SMILES string of the molecule is CCCOc1ccc(/C=N\n2c(CC)nnc2SC)cc1OCC. The first kappa shape index (κ1) is 18.3. The van der Waals surface area contributed by atoms with Gasteiger partial charge in [0.05, 0.1) is 19.4 Å². The summed E-state index contributed by atoms with van der Waals surface area (Å²) in [6.07, 6.45) is 5.48. The molecule has 0 amide bonds. The van der Waals surface area contributed by atoms with Crippen LogP contribution in [-0.2, 0) is 6.42 Å². The minimum Gasteiger partial charge on any atom is -0.490 e. The van der Waals surface area contributed by atoms with Gasteiger partial charge in [0.15, 0.2) is 17.3 Å². The fourth-order valence-electron chi connectivity index (χ4n) is 2.09. The monoisotopic (exact) mass is 348 g/mol. The predicted octanol–water partition coefficient (Wildman–Crippen LogP) is 3.63. The van der Waals surface area contributed by atoms with Gasteiger partial charge in [-0.3, -0.25) is 0 Å². The van der Waals surface area contributed by atoms with Gasteiger partial charge in [-0.1, -0.05) is 25.6 Å². The lowest BCUT2D eigenvalue weighted by molar-refractivity contribution is 0.277. The van der Waals surface area contributed by atoms with Gasteiger partial charge in [-0.05, 0) is 43.4 Å². The van der Waals surface area contributed by atoms with Crippen LogP contribution in [0.5, 0.6) is 11.5 Å². The maximum absolute atomic E-state index is 5.72. The normalized spacial score (nSPS) is 11.2. The minimum atomic E-state index is 0.588. The van der Waals surface area contributed by atoms with Crippen molar-refractivity contribution in [1.29, 1.82) is 0 Å². The van der Waals surface area contributed by atoms with Crippen molar-refractivity contribution in [3.8, 4) is 11.5 Å². The molecule has 130 valence electrons. The van der Waals surface area contributed by atoms with Crippen LogP contribution < -0.4 is 9.47 Å². The first-order valence-electron chi connectivity index (χ1n) is 8.15. The summed E-state index contributed by atoms with van der Waals surface area (Å²) in [5, 5.41) is 13.6. The Kier molecular flexibility index (Phi) is 7.11. The zero-order valence-corrected chi connectivity index (χ0v) is 15.5. The van der Waals surface area contributed by atoms with E-state index in [0.29, 0.717) is 13.2 Å². The summed E-state index contributed by atoms with van der Waals surface area (Å²) in [5.74, 6) is 2.34. The zero-order valence-electron chi connectivity index (χ0n) is 14.7. The van der Waals surface area contributed by atoms with E-state index in [1.807, 2.05) is 38.3 Å². The number of aryl methyl sites for hydroxylation is 1. The Bertz CT molecular complexity index is 664. The summed E-state index contributed by atoms with van der Waals surface area (Å²) in [4.78, 5) is 0. The molecule has 1 aromatic carbocycles. The van der Waals surface area contributed by atoms with Crippen molar-refractivity contribution >= 4 is 18.0 Å². The van der Waals surface area contributed by atoms with Gasteiger partial charge in [-0.2, -0.15) is 9.78 Å². The Balaban J connectivity index is 2.26. The second-order valence-corrected chi connectivity index (χ2v) is 5.77. The van der Waals surface area contributed by atoms with Gasteiger partial charge < -0.3 is 9.47 Å². The van der Waals surface area contributed by atoms with Crippen LogP contribution in [0.1, 0.15) is 38.6 Å². The summed E-state index contributed by atoms with van der Waals surface area (Å²) in [7, 11) is 0. The van der Waals surface area contributed by atoms with E-state index < -0.39 is 0 Å². The molecule has 1 aromatic heterocycles. The third kappa shape index (κ3) is 4.50. The second-order valence-electron chi connectivity index (χ2n) is 5.00. The lowest BCUT2D eigenvalue weighted by atomic mass is 10.2. The van der Waals surface area contributed by atoms with E-state index in [1.165, 1.54) is 11.8 Å². The molecule has 0 atom stereocenters. The second kappa shape index (κ2) is 9.32. The largest absolute Gasteiger partial charge is 0.490 e. The van der Waals surface area contributed by atoms with Crippen LogP contribution in [0.15, 0.2) is 28.5 Å². The molecule has 0 aliphatic heterocycles. The predicted molar refractivity (Wildman–Crippen MR) is 97.6 cm³/mol. The van der Waals surface area contributed by atoms with Crippen molar-refractivity contribution in [2.75, 3.05) is 19.5 Å². The van der Waals surface area contributed by atoms with Gasteiger partial charge in [0.1, 0.15) is 0 Å². The Morgan fingerprint density at radius 3 is 2.67 bits per heavy atom. The van der Waals surface area contributed by atoms with Gasteiger partial charge in [0.25, 0.3) is 0 Å². The number of rotatable bonds is 9. The van der Waals surface area contributed by atoms with Crippen LogP contribution in [0.25, 0.3) is 0 Å². The van der Waals surface area contributed by atoms with E-state index in [1.54, 1.807) is 10.9 Å². The van der Waals surface area contributed by atoms with Crippen molar-refractivity contribution in [1.82, 2.24) is 14.9 Å². The number of thioether (sulfide) groups is 1. The summed E-state index contributed by atoms with van der Waals surface area (Å²) in [5.41, 5.74) is 0.935. The van der Waals surface area contributed by atoms with Crippen molar-refractivity contribution in [2.24, 2.45) is 5.10 Å². The maximum atomic E-state index is 5.72. The summed E-state index contributed by atoms with van der Waals surface area (Å²) in [6.45, 7) is 7.33. The molecule has 0 aliphatic carbocycles. The van der Waals surface area contributed by atoms with Crippen molar-refractivity contribution < 1.29 is 9.47 Å². The van der Waals surface area contributed by atoms with Crippen molar-refractivity contribution in [3.63, 3.8) is 0 Å². The number of hydrogen-bond acceptors (Lipinski definition) is 6. The summed E-state index contributed by atoms with van der Waals surface area (Å²) in [6, 6.07) is 5.82. The summed E-state index contributed by atoms with van der Waals surface area (Å²) >= 11 is 1.52. The van der Waals surface area contributed by atoms with E-state index in [0.717, 1.165) is 40.9 Å². The van der Waals surface area contributed by atoms with Crippen LogP contribution in [0, 0.1) is 0 Å². The van der Waals surface area contributed by atoms with Gasteiger partial charge in [0, 0.05) is 6.42 Å². The Morgan fingerprint density at radius 2 is 2.00 bits per heavy atom. The molecule has 0 bridgehead atoms. The fraction of sp³-hybridized carbons (Fsp3) is 0.471. The lowest BCUT2D eigenvalue weighted by Gasteiger charge is -2.11. The first-order chi connectivity index (χ1) is 11.7. The molecule has 24 heavy (non-hydrogen) atoms. The van der Waals surface area contributed by atoms with E-state index in [4.69, 9.17) is 9.47 Å². The molecule has 6 nitrogen and oxygen atoms in total.